The van der Waals surface area contributed by atoms with Crippen LogP contribution in [0.5, 0.6) is 11.5 Å². The first-order chi connectivity index (χ1) is 10.1. The average Bonchev–Trinajstić information content (AvgIpc) is 2.50. The lowest BCUT2D eigenvalue weighted by molar-refractivity contribution is 0.408. The first-order valence-corrected chi connectivity index (χ1v) is 7.77. The molecule has 114 valence electrons. The van der Waals surface area contributed by atoms with E-state index in [9.17, 15) is 10.2 Å². The Bertz CT molecular complexity index is 622. The maximum Gasteiger partial charge on any atom is 0.165 e. The molecule has 0 aliphatic rings. The Hall–Kier alpha value is -1.90. The van der Waals surface area contributed by atoms with Gasteiger partial charge in [-0.1, -0.05) is 25.8 Å². The average molecular weight is 287 g/mol. The van der Waals surface area contributed by atoms with Crippen LogP contribution in [0.4, 0.5) is 5.69 Å². The number of fused-ring (bicyclic) bond motifs is 1. The molecule has 0 aliphatic heterocycles. The van der Waals surface area contributed by atoms with Crippen molar-refractivity contribution in [1.29, 1.82) is 0 Å². The fraction of sp³-hybridized carbons (Fsp3) is 0.444. The maximum absolute atomic E-state index is 10.2. The van der Waals surface area contributed by atoms with Gasteiger partial charge in [0, 0.05) is 24.7 Å². The van der Waals surface area contributed by atoms with Gasteiger partial charge in [-0.2, -0.15) is 0 Å². The van der Waals surface area contributed by atoms with E-state index in [0.717, 1.165) is 35.8 Å². The van der Waals surface area contributed by atoms with Crippen molar-refractivity contribution in [2.75, 3.05) is 18.5 Å². The lowest BCUT2D eigenvalue weighted by Crippen LogP contribution is -2.15. The molecule has 0 fully saturated rings. The third-order valence-corrected chi connectivity index (χ3v) is 4.12. The van der Waals surface area contributed by atoms with Gasteiger partial charge < -0.3 is 15.1 Å². The molecule has 21 heavy (non-hydrogen) atoms. The van der Waals surface area contributed by atoms with E-state index in [1.807, 2.05) is 19.2 Å². The summed E-state index contributed by atoms with van der Waals surface area (Å²) in [5.41, 5.74) is 2.32. The Morgan fingerprint density at radius 2 is 1.76 bits per heavy atom. The van der Waals surface area contributed by atoms with Crippen molar-refractivity contribution >= 4 is 16.5 Å². The minimum atomic E-state index is -0.0571. The summed E-state index contributed by atoms with van der Waals surface area (Å²) in [5.74, 6) is -0.0751. The van der Waals surface area contributed by atoms with E-state index in [4.69, 9.17) is 0 Å². The number of hydrogen-bond donors (Lipinski definition) is 2. The number of phenols is 2. The molecule has 0 saturated heterocycles. The predicted octanol–water partition coefficient (Wildman–Crippen LogP) is 4.44. The van der Waals surface area contributed by atoms with E-state index in [1.165, 1.54) is 18.4 Å². The lowest BCUT2D eigenvalue weighted by atomic mass is 9.97. The van der Waals surface area contributed by atoms with Crippen molar-refractivity contribution in [2.24, 2.45) is 0 Å². The first-order valence-electron chi connectivity index (χ1n) is 7.77. The fourth-order valence-corrected chi connectivity index (χ4v) is 2.64. The van der Waals surface area contributed by atoms with Crippen molar-refractivity contribution in [3.05, 3.63) is 29.8 Å². The molecule has 0 aromatic heterocycles. The van der Waals surface area contributed by atoms with Crippen LogP contribution in [0.15, 0.2) is 24.3 Å². The van der Waals surface area contributed by atoms with Crippen LogP contribution in [-0.4, -0.2) is 23.8 Å². The van der Waals surface area contributed by atoms with E-state index in [2.05, 4.69) is 24.8 Å². The number of hydrogen-bond acceptors (Lipinski definition) is 3. The normalized spacial score (nSPS) is 11.0. The highest BCUT2D eigenvalue weighted by Crippen LogP contribution is 2.38. The second-order valence-electron chi connectivity index (χ2n) is 5.60. The van der Waals surface area contributed by atoms with Gasteiger partial charge in [0.15, 0.2) is 11.5 Å². The second-order valence-corrected chi connectivity index (χ2v) is 5.60. The first kappa shape index (κ1) is 15.5. The Kier molecular flexibility index (Phi) is 4.94. The highest BCUT2D eigenvalue weighted by Gasteiger charge is 2.12. The molecule has 0 saturated carbocycles. The zero-order valence-corrected chi connectivity index (χ0v) is 13.2. The quantitative estimate of drug-likeness (QED) is 0.610. The standard InChI is InChI=1S/C18H25NO2/c1-4-6-7-8-13-11-14(19(3)5-2)12-16-15(13)9-10-17(20)18(16)21/h9-12,20-21H,4-8H2,1-3H3. The minimum absolute atomic E-state index is 0.0180. The van der Waals surface area contributed by atoms with Crippen LogP contribution in [0.1, 0.15) is 38.7 Å². The van der Waals surface area contributed by atoms with Crippen LogP contribution >= 0.6 is 0 Å². The second kappa shape index (κ2) is 6.70. The van der Waals surface area contributed by atoms with Gasteiger partial charge in [-0.15, -0.1) is 0 Å². The van der Waals surface area contributed by atoms with Crippen molar-refractivity contribution in [1.82, 2.24) is 0 Å². The Morgan fingerprint density at radius 1 is 1.00 bits per heavy atom. The molecular weight excluding hydrogens is 262 g/mol. The SMILES string of the molecule is CCCCCc1cc(N(C)CC)cc2c(O)c(O)ccc12. The molecular formula is C18H25NO2. The zero-order chi connectivity index (χ0) is 15.4. The van der Waals surface area contributed by atoms with Crippen LogP contribution in [-0.2, 0) is 6.42 Å². The Balaban J connectivity index is 2.55. The van der Waals surface area contributed by atoms with Crippen LogP contribution in [0.3, 0.4) is 0 Å². The van der Waals surface area contributed by atoms with Gasteiger partial charge in [-0.05, 0) is 48.9 Å². The van der Waals surface area contributed by atoms with Gasteiger partial charge in [0.05, 0.1) is 0 Å². The number of rotatable bonds is 6. The Labute approximate surface area is 126 Å². The fourth-order valence-electron chi connectivity index (χ4n) is 2.64. The number of phenolic OH excluding ortho intramolecular Hbond substituents is 2. The van der Waals surface area contributed by atoms with E-state index >= 15 is 0 Å². The van der Waals surface area contributed by atoms with Crippen molar-refractivity contribution in [3.63, 3.8) is 0 Å². The van der Waals surface area contributed by atoms with Gasteiger partial charge in [-0.25, -0.2) is 0 Å². The summed E-state index contributed by atoms with van der Waals surface area (Å²) in [6.45, 7) is 5.20. The van der Waals surface area contributed by atoms with Crippen molar-refractivity contribution < 1.29 is 10.2 Å². The third kappa shape index (κ3) is 3.23. The van der Waals surface area contributed by atoms with Crippen LogP contribution in [0, 0.1) is 0 Å². The van der Waals surface area contributed by atoms with E-state index < -0.39 is 0 Å². The third-order valence-electron chi connectivity index (χ3n) is 4.12. The van der Waals surface area contributed by atoms with Crippen LogP contribution in [0.2, 0.25) is 0 Å². The predicted molar refractivity (Wildman–Crippen MR) is 89.5 cm³/mol. The summed E-state index contributed by atoms with van der Waals surface area (Å²) < 4.78 is 0. The molecule has 0 heterocycles. The highest BCUT2D eigenvalue weighted by molar-refractivity contribution is 5.95. The molecule has 3 nitrogen and oxygen atoms in total. The van der Waals surface area contributed by atoms with Crippen LogP contribution < -0.4 is 4.90 Å². The molecule has 0 bridgehead atoms. The van der Waals surface area contributed by atoms with E-state index in [1.54, 1.807) is 6.07 Å². The van der Waals surface area contributed by atoms with Gasteiger partial charge in [0.25, 0.3) is 0 Å². The summed E-state index contributed by atoms with van der Waals surface area (Å²) in [6, 6.07) is 7.64. The van der Waals surface area contributed by atoms with Crippen molar-refractivity contribution in [2.45, 2.75) is 39.5 Å². The summed E-state index contributed by atoms with van der Waals surface area (Å²) in [7, 11) is 2.04. The molecule has 2 rings (SSSR count). The molecule has 2 N–H and O–H groups in total. The molecule has 2 aromatic carbocycles. The summed E-state index contributed by atoms with van der Waals surface area (Å²) in [6.07, 6.45) is 4.55. The van der Waals surface area contributed by atoms with Gasteiger partial charge in [-0.3, -0.25) is 0 Å². The van der Waals surface area contributed by atoms with Crippen LogP contribution in [0.25, 0.3) is 10.8 Å². The molecule has 0 aliphatic carbocycles. The molecule has 3 heteroatoms. The molecule has 0 amide bonds. The highest BCUT2D eigenvalue weighted by atomic mass is 16.3. The molecule has 0 spiro atoms. The van der Waals surface area contributed by atoms with E-state index in [0.29, 0.717) is 0 Å². The molecule has 0 unspecified atom stereocenters. The van der Waals surface area contributed by atoms with Gasteiger partial charge >= 0.3 is 0 Å². The minimum Gasteiger partial charge on any atom is -0.504 e. The summed E-state index contributed by atoms with van der Waals surface area (Å²) >= 11 is 0. The molecule has 2 aromatic rings. The number of unbranched alkanes of at least 4 members (excludes halogenated alkanes) is 2. The van der Waals surface area contributed by atoms with Gasteiger partial charge in [0.2, 0.25) is 0 Å². The number of aryl methyl sites for hydroxylation is 1. The topological polar surface area (TPSA) is 43.7 Å². The number of aromatic hydroxyl groups is 2. The van der Waals surface area contributed by atoms with Gasteiger partial charge in [0.1, 0.15) is 0 Å². The lowest BCUT2D eigenvalue weighted by Gasteiger charge is -2.20. The largest absolute Gasteiger partial charge is 0.504 e. The van der Waals surface area contributed by atoms with E-state index in [-0.39, 0.29) is 11.5 Å². The Morgan fingerprint density at radius 3 is 2.43 bits per heavy atom. The summed E-state index contributed by atoms with van der Waals surface area (Å²) in [5, 5.41) is 21.7. The monoisotopic (exact) mass is 287 g/mol. The maximum atomic E-state index is 10.2. The summed E-state index contributed by atoms with van der Waals surface area (Å²) in [4.78, 5) is 2.15. The number of nitrogens with zero attached hydrogens (tertiary/aromatic N) is 1. The number of anilines is 1. The smallest absolute Gasteiger partial charge is 0.165 e. The molecule has 0 atom stereocenters. The molecule has 0 radical (unpaired) electrons. The van der Waals surface area contributed by atoms with Crippen molar-refractivity contribution in [3.8, 4) is 11.5 Å². The number of benzene rings is 2. The zero-order valence-electron chi connectivity index (χ0n) is 13.2.